The predicted octanol–water partition coefficient (Wildman–Crippen LogP) is 2.91. The lowest BCUT2D eigenvalue weighted by Crippen LogP contribution is -2.50. The number of hydrogen-bond acceptors (Lipinski definition) is 4. The summed E-state index contributed by atoms with van der Waals surface area (Å²) < 4.78 is 22.2. The highest BCUT2D eigenvalue weighted by atomic mass is 28.4. The monoisotopic (exact) mass is 266 g/mol. The van der Waals surface area contributed by atoms with E-state index in [-0.39, 0.29) is 5.91 Å². The maximum absolute atomic E-state index is 5.61. The van der Waals surface area contributed by atoms with Crippen LogP contribution in [0.5, 0.6) is 0 Å². The molecular weight excluding hydrogens is 240 g/mol. The zero-order valence-electron chi connectivity index (χ0n) is 11.6. The van der Waals surface area contributed by atoms with Crippen LogP contribution in [0.25, 0.3) is 0 Å². The summed E-state index contributed by atoms with van der Waals surface area (Å²) in [6, 6.07) is 0. The van der Waals surface area contributed by atoms with Gasteiger partial charge in [0, 0.05) is 13.2 Å². The van der Waals surface area contributed by atoms with Crippen molar-refractivity contribution in [3.63, 3.8) is 0 Å². The zero-order chi connectivity index (χ0) is 12.8. The van der Waals surface area contributed by atoms with Crippen LogP contribution in [0.1, 0.15) is 13.8 Å². The summed E-state index contributed by atoms with van der Waals surface area (Å²) in [4.78, 5) is 0. The Morgan fingerprint density at radius 1 is 0.812 bits per heavy atom. The zero-order valence-corrected chi connectivity index (χ0v) is 13.6. The summed E-state index contributed by atoms with van der Waals surface area (Å²) >= 11 is 0. The Hall–Kier alpha value is 0.274. The average Bonchev–Trinajstić information content (AvgIpc) is 2.14. The van der Waals surface area contributed by atoms with Gasteiger partial charge in [0.2, 0.25) is 8.32 Å². The van der Waals surface area contributed by atoms with Crippen LogP contribution in [0.3, 0.4) is 0 Å². The molecule has 0 aromatic heterocycles. The van der Waals surface area contributed by atoms with E-state index >= 15 is 0 Å². The van der Waals surface area contributed by atoms with Crippen molar-refractivity contribution in [1.82, 2.24) is 0 Å². The second kappa shape index (κ2) is 6.88. The number of rotatable bonds is 8. The first-order chi connectivity index (χ1) is 7.23. The van der Waals surface area contributed by atoms with Crippen LogP contribution in [0.15, 0.2) is 0 Å². The summed E-state index contributed by atoms with van der Waals surface area (Å²) in [7, 11) is -3.77. The van der Waals surface area contributed by atoms with Gasteiger partial charge in [-0.3, -0.25) is 9.15 Å². The Morgan fingerprint density at radius 2 is 1.25 bits per heavy atom. The molecule has 0 saturated carbocycles. The Kier molecular flexibility index (Phi) is 6.99. The van der Waals surface area contributed by atoms with Crippen molar-refractivity contribution in [3.8, 4) is 0 Å². The molecule has 16 heavy (non-hydrogen) atoms. The van der Waals surface area contributed by atoms with Crippen LogP contribution in [-0.2, 0) is 18.6 Å². The van der Waals surface area contributed by atoms with Crippen LogP contribution in [0.4, 0.5) is 0 Å². The highest BCUT2D eigenvalue weighted by molar-refractivity contribution is 6.73. The molecule has 0 heterocycles. The van der Waals surface area contributed by atoms with E-state index in [1.54, 1.807) is 0 Å². The van der Waals surface area contributed by atoms with Crippen LogP contribution in [-0.4, -0.2) is 35.8 Å². The maximum Gasteiger partial charge on any atom is 0.290 e. The molecule has 0 aliphatic carbocycles. The molecule has 0 saturated heterocycles. The molecule has 0 N–H and O–H groups in total. The van der Waals surface area contributed by atoms with Gasteiger partial charge in [-0.05, 0) is 46.6 Å². The summed E-state index contributed by atoms with van der Waals surface area (Å²) in [6.07, 6.45) is 0. The van der Waals surface area contributed by atoms with Gasteiger partial charge in [-0.25, -0.2) is 0 Å². The summed E-state index contributed by atoms with van der Waals surface area (Å²) in [6.45, 7) is 15.5. The van der Waals surface area contributed by atoms with Gasteiger partial charge in [0.1, 0.15) is 0 Å². The second-order valence-corrected chi connectivity index (χ2v) is 13.4. The van der Waals surface area contributed by atoms with E-state index < -0.39 is 16.6 Å². The molecule has 0 unspecified atom stereocenters. The number of ether oxygens (including phenoxy) is 2. The molecule has 0 aliphatic rings. The van der Waals surface area contributed by atoms with E-state index in [1.165, 1.54) is 0 Å². The van der Waals surface area contributed by atoms with E-state index in [1.807, 2.05) is 26.9 Å². The molecule has 0 aliphatic heterocycles. The van der Waals surface area contributed by atoms with Gasteiger partial charge >= 0.3 is 0 Å². The first-order valence-electron chi connectivity index (χ1n) is 5.83. The largest absolute Gasteiger partial charge is 0.353 e. The maximum atomic E-state index is 5.61. The van der Waals surface area contributed by atoms with Crippen molar-refractivity contribution in [3.05, 3.63) is 0 Å². The Morgan fingerprint density at radius 3 is 1.56 bits per heavy atom. The highest BCUT2D eigenvalue weighted by Gasteiger charge is 2.39. The first-order valence-corrected chi connectivity index (χ1v) is 12.2. The predicted molar refractivity (Wildman–Crippen MR) is 70.0 cm³/mol. The lowest BCUT2D eigenvalue weighted by atomic mass is 10.8. The minimum atomic E-state index is -2.12. The molecule has 98 valence electrons. The molecular formula is C10H26O4Si2. The van der Waals surface area contributed by atoms with Crippen molar-refractivity contribution in [1.29, 1.82) is 0 Å². The lowest BCUT2D eigenvalue weighted by molar-refractivity contribution is -0.164. The van der Waals surface area contributed by atoms with Crippen molar-refractivity contribution in [2.75, 3.05) is 13.2 Å². The second-order valence-electron chi connectivity index (χ2n) is 5.13. The fourth-order valence-electron chi connectivity index (χ4n) is 1.02. The molecule has 6 heteroatoms. The van der Waals surface area contributed by atoms with Crippen LogP contribution < -0.4 is 0 Å². The van der Waals surface area contributed by atoms with Crippen LogP contribution in [0.2, 0.25) is 32.7 Å². The Balaban J connectivity index is 4.34. The SMILES string of the molecule is CCOC(OCC)[Si](C)(C)OO[Si](C)(C)C. The molecule has 0 aromatic rings. The smallest absolute Gasteiger partial charge is 0.290 e. The molecule has 0 amide bonds. The van der Waals surface area contributed by atoms with Gasteiger partial charge in [0.05, 0.1) is 0 Å². The van der Waals surface area contributed by atoms with Crippen molar-refractivity contribution >= 4 is 16.6 Å². The van der Waals surface area contributed by atoms with E-state index in [4.69, 9.17) is 18.6 Å². The minimum Gasteiger partial charge on any atom is -0.353 e. The van der Waals surface area contributed by atoms with E-state index in [9.17, 15) is 0 Å². The number of hydrogen-bond donors (Lipinski definition) is 0. The lowest BCUT2D eigenvalue weighted by Gasteiger charge is -2.32. The molecule has 0 rings (SSSR count). The summed E-state index contributed by atoms with van der Waals surface area (Å²) in [5.74, 6) is -0.265. The summed E-state index contributed by atoms with van der Waals surface area (Å²) in [5, 5.41) is 0. The fourth-order valence-corrected chi connectivity index (χ4v) is 4.10. The fraction of sp³-hybridized carbons (Fsp3) is 1.00. The van der Waals surface area contributed by atoms with Crippen molar-refractivity contribution in [2.45, 2.75) is 52.5 Å². The normalized spacial score (nSPS) is 13.5. The molecule has 0 radical (unpaired) electrons. The third kappa shape index (κ3) is 6.77. The Labute approximate surface area is 101 Å². The molecule has 0 fully saturated rings. The van der Waals surface area contributed by atoms with Gasteiger partial charge in [-0.15, -0.1) is 0 Å². The molecule has 0 spiro atoms. The molecule has 0 atom stereocenters. The Bertz CT molecular complexity index is 186. The quantitative estimate of drug-likeness (QED) is 0.293. The van der Waals surface area contributed by atoms with Crippen LogP contribution in [0, 0.1) is 0 Å². The molecule has 4 nitrogen and oxygen atoms in total. The van der Waals surface area contributed by atoms with Gasteiger partial charge in [0.25, 0.3) is 8.32 Å². The van der Waals surface area contributed by atoms with Gasteiger partial charge in [-0.1, -0.05) is 0 Å². The van der Waals surface area contributed by atoms with Gasteiger partial charge < -0.3 is 9.47 Å². The molecule has 0 bridgehead atoms. The van der Waals surface area contributed by atoms with Crippen molar-refractivity contribution in [2.24, 2.45) is 0 Å². The highest BCUT2D eigenvalue weighted by Crippen LogP contribution is 2.18. The van der Waals surface area contributed by atoms with E-state index in [0.29, 0.717) is 13.2 Å². The average molecular weight is 266 g/mol. The minimum absolute atomic E-state index is 0.265. The van der Waals surface area contributed by atoms with Crippen LogP contribution >= 0.6 is 0 Å². The topological polar surface area (TPSA) is 36.9 Å². The molecule has 0 aromatic carbocycles. The first kappa shape index (κ1) is 16.3. The third-order valence-corrected chi connectivity index (χ3v) is 4.44. The van der Waals surface area contributed by atoms with E-state index in [0.717, 1.165) is 0 Å². The third-order valence-electron chi connectivity index (χ3n) is 1.71. The van der Waals surface area contributed by atoms with Gasteiger partial charge in [0.15, 0.2) is 5.91 Å². The van der Waals surface area contributed by atoms with Gasteiger partial charge in [-0.2, -0.15) is 0 Å². The van der Waals surface area contributed by atoms with Crippen molar-refractivity contribution < 1.29 is 18.6 Å². The standard InChI is InChI=1S/C10H26O4Si2/c1-8-11-10(12-9-2)16(6,7)14-13-15(3,4)5/h10H,8-9H2,1-7H3. The van der Waals surface area contributed by atoms with E-state index in [2.05, 4.69) is 19.6 Å². The summed E-state index contributed by atoms with van der Waals surface area (Å²) in [5.41, 5.74) is 0.